The maximum absolute atomic E-state index is 12.4. The molecule has 3 rings (SSSR count). The molecule has 1 heterocycles. The SMILES string of the molecule is COc1cc(CNC(=O)[C@H](C)NS(=O)(=O)c2ccc(Cl)cc2)ccc1OCc1ccncc1. The van der Waals surface area contributed by atoms with Crippen molar-refractivity contribution in [3.63, 3.8) is 0 Å². The highest BCUT2D eigenvalue weighted by atomic mass is 35.5. The Labute approximate surface area is 198 Å². The minimum atomic E-state index is -3.86. The number of rotatable bonds is 10. The highest BCUT2D eigenvalue weighted by molar-refractivity contribution is 7.89. The fourth-order valence-corrected chi connectivity index (χ4v) is 4.22. The maximum Gasteiger partial charge on any atom is 0.241 e. The monoisotopic (exact) mass is 489 g/mol. The second-order valence-corrected chi connectivity index (χ2v) is 9.29. The van der Waals surface area contributed by atoms with Gasteiger partial charge in [-0.2, -0.15) is 4.72 Å². The molecule has 1 aromatic heterocycles. The Morgan fingerprint density at radius 2 is 1.73 bits per heavy atom. The number of nitrogens with zero attached hydrogens (tertiary/aromatic N) is 1. The van der Waals surface area contributed by atoms with Crippen molar-refractivity contribution < 1.29 is 22.7 Å². The molecule has 0 bridgehead atoms. The van der Waals surface area contributed by atoms with E-state index < -0.39 is 22.0 Å². The van der Waals surface area contributed by atoms with E-state index in [1.807, 2.05) is 12.1 Å². The van der Waals surface area contributed by atoms with Gasteiger partial charge in [0.25, 0.3) is 0 Å². The van der Waals surface area contributed by atoms with Crippen molar-refractivity contribution in [1.29, 1.82) is 0 Å². The van der Waals surface area contributed by atoms with Crippen molar-refractivity contribution in [2.75, 3.05) is 7.11 Å². The zero-order valence-electron chi connectivity index (χ0n) is 18.1. The van der Waals surface area contributed by atoms with Gasteiger partial charge < -0.3 is 14.8 Å². The van der Waals surface area contributed by atoms with Crippen LogP contribution in [0, 0.1) is 0 Å². The molecule has 2 N–H and O–H groups in total. The highest BCUT2D eigenvalue weighted by Gasteiger charge is 2.22. The summed E-state index contributed by atoms with van der Waals surface area (Å²) in [6, 6.07) is 13.7. The van der Waals surface area contributed by atoms with Crippen LogP contribution in [0.15, 0.2) is 71.9 Å². The van der Waals surface area contributed by atoms with Gasteiger partial charge in [-0.15, -0.1) is 0 Å². The summed E-state index contributed by atoms with van der Waals surface area (Å²) in [6.07, 6.45) is 3.39. The Kier molecular flexibility index (Phi) is 8.26. The predicted molar refractivity (Wildman–Crippen MR) is 125 cm³/mol. The lowest BCUT2D eigenvalue weighted by atomic mass is 10.2. The standard InChI is InChI=1S/C23H24ClN3O5S/c1-16(27-33(29,30)20-6-4-19(24)5-7-20)23(28)26-14-18-3-8-21(22(13-18)31-2)32-15-17-9-11-25-12-10-17/h3-13,16,27H,14-15H2,1-2H3,(H,26,28)/t16-/m0/s1. The molecule has 1 amide bonds. The van der Waals surface area contributed by atoms with Crippen LogP contribution in [0.3, 0.4) is 0 Å². The Morgan fingerprint density at radius 1 is 1.03 bits per heavy atom. The van der Waals surface area contributed by atoms with Gasteiger partial charge in [-0.05, 0) is 66.6 Å². The lowest BCUT2D eigenvalue weighted by Crippen LogP contribution is -2.44. The van der Waals surface area contributed by atoms with E-state index in [1.165, 1.54) is 38.3 Å². The third-order valence-electron chi connectivity index (χ3n) is 4.69. The van der Waals surface area contributed by atoms with Crippen LogP contribution in [-0.2, 0) is 28.0 Å². The van der Waals surface area contributed by atoms with Gasteiger partial charge >= 0.3 is 0 Å². The number of ether oxygens (including phenoxy) is 2. The van der Waals surface area contributed by atoms with E-state index >= 15 is 0 Å². The summed E-state index contributed by atoms with van der Waals surface area (Å²) in [5, 5.41) is 3.14. The summed E-state index contributed by atoms with van der Waals surface area (Å²) in [4.78, 5) is 16.4. The number of hydrogen-bond acceptors (Lipinski definition) is 6. The first-order chi connectivity index (χ1) is 15.8. The van der Waals surface area contributed by atoms with Crippen LogP contribution in [0.25, 0.3) is 0 Å². The van der Waals surface area contributed by atoms with Gasteiger partial charge in [0.15, 0.2) is 11.5 Å². The second kappa shape index (κ2) is 11.1. The largest absolute Gasteiger partial charge is 0.493 e. The van der Waals surface area contributed by atoms with Crippen molar-refractivity contribution in [2.24, 2.45) is 0 Å². The summed E-state index contributed by atoms with van der Waals surface area (Å²) in [5.74, 6) is 0.616. The van der Waals surface area contributed by atoms with Crippen molar-refractivity contribution in [1.82, 2.24) is 15.0 Å². The quantitative estimate of drug-likeness (QED) is 0.452. The van der Waals surface area contributed by atoms with E-state index in [0.29, 0.717) is 23.1 Å². The number of carbonyl (C=O) groups is 1. The number of methoxy groups -OCH3 is 1. The van der Waals surface area contributed by atoms with Crippen molar-refractivity contribution >= 4 is 27.5 Å². The fraction of sp³-hybridized carbons (Fsp3) is 0.217. The van der Waals surface area contributed by atoms with E-state index in [0.717, 1.165) is 11.1 Å². The van der Waals surface area contributed by atoms with E-state index in [2.05, 4.69) is 15.0 Å². The second-order valence-electron chi connectivity index (χ2n) is 7.14. The predicted octanol–water partition coefficient (Wildman–Crippen LogP) is 3.31. The molecule has 0 aliphatic carbocycles. The first-order valence-electron chi connectivity index (χ1n) is 10.0. The average molecular weight is 490 g/mol. The molecule has 0 radical (unpaired) electrons. The molecule has 8 nitrogen and oxygen atoms in total. The van der Waals surface area contributed by atoms with Crippen LogP contribution in [0.5, 0.6) is 11.5 Å². The average Bonchev–Trinajstić information content (AvgIpc) is 2.82. The lowest BCUT2D eigenvalue weighted by Gasteiger charge is -2.16. The molecular formula is C23H24ClN3O5S. The summed E-state index contributed by atoms with van der Waals surface area (Å²) >= 11 is 5.80. The smallest absolute Gasteiger partial charge is 0.241 e. The number of halogens is 1. The van der Waals surface area contributed by atoms with Gasteiger partial charge in [0.05, 0.1) is 18.0 Å². The summed E-state index contributed by atoms with van der Waals surface area (Å²) in [5.41, 5.74) is 1.74. The van der Waals surface area contributed by atoms with Crippen LogP contribution in [0.4, 0.5) is 0 Å². The molecule has 2 aromatic carbocycles. The molecule has 0 saturated heterocycles. The minimum Gasteiger partial charge on any atom is -0.493 e. The molecule has 0 unspecified atom stereocenters. The number of nitrogens with one attached hydrogen (secondary N) is 2. The van der Waals surface area contributed by atoms with Crippen molar-refractivity contribution in [3.05, 3.63) is 83.1 Å². The molecule has 0 aliphatic heterocycles. The molecule has 0 spiro atoms. The van der Waals surface area contributed by atoms with E-state index in [4.69, 9.17) is 21.1 Å². The number of hydrogen-bond donors (Lipinski definition) is 2. The molecule has 0 saturated carbocycles. The molecule has 0 fully saturated rings. The third-order valence-corrected chi connectivity index (χ3v) is 6.50. The molecule has 3 aromatic rings. The Bertz CT molecular complexity index is 1190. The van der Waals surface area contributed by atoms with Gasteiger partial charge in [-0.25, -0.2) is 8.42 Å². The first kappa shape index (κ1) is 24.5. The molecular weight excluding hydrogens is 466 g/mol. The van der Waals surface area contributed by atoms with Crippen LogP contribution in [0.2, 0.25) is 5.02 Å². The van der Waals surface area contributed by atoms with Gasteiger partial charge in [0.1, 0.15) is 6.61 Å². The van der Waals surface area contributed by atoms with Crippen LogP contribution < -0.4 is 19.5 Å². The normalized spacial score (nSPS) is 12.1. The zero-order valence-corrected chi connectivity index (χ0v) is 19.7. The lowest BCUT2D eigenvalue weighted by molar-refractivity contribution is -0.122. The number of aromatic nitrogens is 1. The summed E-state index contributed by atoms with van der Waals surface area (Å²) in [6.45, 7) is 2.02. The van der Waals surface area contributed by atoms with Crippen LogP contribution >= 0.6 is 11.6 Å². The number of carbonyl (C=O) groups excluding carboxylic acids is 1. The summed E-state index contributed by atoms with van der Waals surface area (Å²) in [7, 11) is -2.33. The topological polar surface area (TPSA) is 107 Å². The van der Waals surface area contributed by atoms with Gasteiger partial charge in [-0.1, -0.05) is 17.7 Å². The molecule has 33 heavy (non-hydrogen) atoms. The number of sulfonamides is 1. The van der Waals surface area contributed by atoms with Gasteiger partial charge in [0.2, 0.25) is 15.9 Å². The van der Waals surface area contributed by atoms with E-state index in [1.54, 1.807) is 30.6 Å². The van der Waals surface area contributed by atoms with Crippen molar-refractivity contribution in [2.45, 2.75) is 31.0 Å². The highest BCUT2D eigenvalue weighted by Crippen LogP contribution is 2.28. The summed E-state index contributed by atoms with van der Waals surface area (Å²) < 4.78 is 38.5. The third kappa shape index (κ3) is 6.92. The van der Waals surface area contributed by atoms with E-state index in [9.17, 15) is 13.2 Å². The Balaban J connectivity index is 1.57. The first-order valence-corrected chi connectivity index (χ1v) is 11.9. The molecule has 0 aliphatic rings. The van der Waals surface area contributed by atoms with Gasteiger partial charge in [0, 0.05) is 24.0 Å². The van der Waals surface area contributed by atoms with Gasteiger partial charge in [-0.3, -0.25) is 9.78 Å². The fourth-order valence-electron chi connectivity index (χ4n) is 2.89. The molecule has 174 valence electrons. The zero-order chi connectivity index (χ0) is 23.8. The Hall–Kier alpha value is -3.14. The number of benzene rings is 2. The number of pyridine rings is 1. The maximum atomic E-state index is 12.4. The molecule has 10 heteroatoms. The Morgan fingerprint density at radius 3 is 2.39 bits per heavy atom. The molecule has 1 atom stereocenters. The van der Waals surface area contributed by atoms with Crippen molar-refractivity contribution in [3.8, 4) is 11.5 Å². The van der Waals surface area contributed by atoms with Crippen LogP contribution in [-0.4, -0.2) is 32.5 Å². The van der Waals surface area contributed by atoms with E-state index in [-0.39, 0.29) is 11.4 Å². The van der Waals surface area contributed by atoms with Crippen LogP contribution in [0.1, 0.15) is 18.1 Å². The minimum absolute atomic E-state index is 0.0265. The number of amides is 1.